The molecule has 0 unspecified atom stereocenters. The maximum absolute atomic E-state index is 5.63. The SMILES string of the molecule is CC(C)Oc1ccc(NCc2cncn2C(C)C)cc1. The molecule has 0 bridgehead atoms. The normalized spacial score (nSPS) is 11.1. The first-order valence-electron chi connectivity index (χ1n) is 7.07. The lowest BCUT2D eigenvalue weighted by molar-refractivity contribution is 0.242. The molecule has 4 nitrogen and oxygen atoms in total. The monoisotopic (exact) mass is 273 g/mol. The predicted molar refractivity (Wildman–Crippen MR) is 82.1 cm³/mol. The average Bonchev–Trinajstić information content (AvgIpc) is 2.86. The Balaban J connectivity index is 1.95. The molecular formula is C16H23N3O. The van der Waals surface area contributed by atoms with Crippen molar-refractivity contribution in [3.05, 3.63) is 42.5 Å². The zero-order valence-corrected chi connectivity index (χ0v) is 12.6. The van der Waals surface area contributed by atoms with Gasteiger partial charge in [0.05, 0.1) is 24.7 Å². The zero-order valence-electron chi connectivity index (χ0n) is 12.6. The van der Waals surface area contributed by atoms with Crippen molar-refractivity contribution < 1.29 is 4.74 Å². The number of nitrogens with one attached hydrogen (secondary N) is 1. The van der Waals surface area contributed by atoms with Crippen molar-refractivity contribution in [3.63, 3.8) is 0 Å². The van der Waals surface area contributed by atoms with Crippen LogP contribution >= 0.6 is 0 Å². The first kappa shape index (κ1) is 14.4. The van der Waals surface area contributed by atoms with Crippen LogP contribution in [0, 0.1) is 0 Å². The van der Waals surface area contributed by atoms with E-state index in [0.29, 0.717) is 6.04 Å². The van der Waals surface area contributed by atoms with E-state index in [0.717, 1.165) is 18.0 Å². The fraction of sp³-hybridized carbons (Fsp3) is 0.438. The average molecular weight is 273 g/mol. The smallest absolute Gasteiger partial charge is 0.119 e. The molecule has 1 aromatic heterocycles. The van der Waals surface area contributed by atoms with Crippen LogP contribution in [0.25, 0.3) is 0 Å². The van der Waals surface area contributed by atoms with E-state index >= 15 is 0 Å². The minimum absolute atomic E-state index is 0.203. The molecule has 0 saturated heterocycles. The molecule has 0 spiro atoms. The van der Waals surface area contributed by atoms with E-state index in [1.165, 1.54) is 5.69 Å². The van der Waals surface area contributed by atoms with Crippen molar-refractivity contribution in [3.8, 4) is 5.75 Å². The number of hydrogen-bond donors (Lipinski definition) is 1. The van der Waals surface area contributed by atoms with Crippen molar-refractivity contribution in [2.24, 2.45) is 0 Å². The molecule has 20 heavy (non-hydrogen) atoms. The number of benzene rings is 1. The molecule has 1 N–H and O–H groups in total. The second-order valence-corrected chi connectivity index (χ2v) is 5.43. The maximum Gasteiger partial charge on any atom is 0.119 e. The standard InChI is InChI=1S/C16H23N3O/c1-12(2)19-11-17-9-15(19)10-18-14-5-7-16(8-6-14)20-13(3)4/h5-9,11-13,18H,10H2,1-4H3. The summed E-state index contributed by atoms with van der Waals surface area (Å²) >= 11 is 0. The number of anilines is 1. The van der Waals surface area contributed by atoms with Gasteiger partial charge in [-0.15, -0.1) is 0 Å². The van der Waals surface area contributed by atoms with Crippen LogP contribution in [0.4, 0.5) is 5.69 Å². The van der Waals surface area contributed by atoms with E-state index in [4.69, 9.17) is 4.74 Å². The van der Waals surface area contributed by atoms with Gasteiger partial charge in [0.1, 0.15) is 5.75 Å². The summed E-state index contributed by atoms with van der Waals surface area (Å²) in [5.74, 6) is 0.901. The van der Waals surface area contributed by atoms with Crippen LogP contribution in [0.2, 0.25) is 0 Å². The van der Waals surface area contributed by atoms with Crippen LogP contribution in [-0.4, -0.2) is 15.7 Å². The molecule has 0 amide bonds. The molecule has 0 aliphatic rings. The Morgan fingerprint density at radius 3 is 2.45 bits per heavy atom. The first-order chi connectivity index (χ1) is 9.56. The molecular weight excluding hydrogens is 250 g/mol. The number of ether oxygens (including phenoxy) is 1. The Hall–Kier alpha value is -1.97. The minimum Gasteiger partial charge on any atom is -0.491 e. The van der Waals surface area contributed by atoms with Crippen LogP contribution in [0.5, 0.6) is 5.75 Å². The van der Waals surface area contributed by atoms with Gasteiger partial charge in [-0.1, -0.05) is 0 Å². The van der Waals surface area contributed by atoms with E-state index in [-0.39, 0.29) is 6.10 Å². The molecule has 1 aromatic carbocycles. The highest BCUT2D eigenvalue weighted by Crippen LogP contribution is 2.18. The van der Waals surface area contributed by atoms with Crippen molar-refractivity contribution in [1.29, 1.82) is 0 Å². The molecule has 0 fully saturated rings. The summed E-state index contributed by atoms with van der Waals surface area (Å²) in [7, 11) is 0. The largest absolute Gasteiger partial charge is 0.491 e. The maximum atomic E-state index is 5.63. The molecule has 108 valence electrons. The highest BCUT2D eigenvalue weighted by atomic mass is 16.5. The Morgan fingerprint density at radius 1 is 1.15 bits per heavy atom. The Labute approximate surface area is 120 Å². The number of hydrogen-bond acceptors (Lipinski definition) is 3. The molecule has 0 aliphatic heterocycles. The third-order valence-electron chi connectivity index (χ3n) is 3.00. The van der Waals surface area contributed by atoms with Crippen LogP contribution in [0.15, 0.2) is 36.8 Å². The summed E-state index contributed by atoms with van der Waals surface area (Å²) in [6, 6.07) is 8.47. The summed E-state index contributed by atoms with van der Waals surface area (Å²) in [5.41, 5.74) is 2.26. The van der Waals surface area contributed by atoms with Crippen LogP contribution in [-0.2, 0) is 6.54 Å². The quantitative estimate of drug-likeness (QED) is 0.868. The van der Waals surface area contributed by atoms with Crippen molar-refractivity contribution in [1.82, 2.24) is 9.55 Å². The van der Waals surface area contributed by atoms with Gasteiger partial charge in [0.25, 0.3) is 0 Å². The van der Waals surface area contributed by atoms with Gasteiger partial charge >= 0.3 is 0 Å². The molecule has 2 rings (SSSR count). The van der Waals surface area contributed by atoms with Gasteiger partial charge in [-0.25, -0.2) is 4.98 Å². The van der Waals surface area contributed by atoms with E-state index in [1.54, 1.807) is 0 Å². The van der Waals surface area contributed by atoms with Crippen molar-refractivity contribution in [2.45, 2.75) is 46.4 Å². The topological polar surface area (TPSA) is 39.1 Å². The molecule has 4 heteroatoms. The van der Waals surface area contributed by atoms with Gasteiger partial charge < -0.3 is 14.6 Å². The molecule has 1 heterocycles. The molecule has 2 aromatic rings. The summed E-state index contributed by atoms with van der Waals surface area (Å²) in [5, 5.41) is 3.41. The Morgan fingerprint density at radius 2 is 1.85 bits per heavy atom. The van der Waals surface area contributed by atoms with Crippen LogP contribution in [0.1, 0.15) is 39.4 Å². The third kappa shape index (κ3) is 3.76. The fourth-order valence-electron chi connectivity index (χ4n) is 2.05. The van der Waals surface area contributed by atoms with Crippen LogP contribution in [0.3, 0.4) is 0 Å². The summed E-state index contributed by atoms with van der Waals surface area (Å²) in [6.07, 6.45) is 3.99. The Bertz CT molecular complexity index is 529. The second kappa shape index (κ2) is 6.46. The van der Waals surface area contributed by atoms with Gasteiger partial charge in [0, 0.05) is 17.9 Å². The van der Waals surface area contributed by atoms with Gasteiger partial charge in [-0.3, -0.25) is 0 Å². The van der Waals surface area contributed by atoms with E-state index in [2.05, 4.69) is 28.7 Å². The molecule has 0 atom stereocenters. The van der Waals surface area contributed by atoms with Gasteiger partial charge in [-0.05, 0) is 52.0 Å². The summed E-state index contributed by atoms with van der Waals surface area (Å²) in [6.45, 7) is 9.13. The van der Waals surface area contributed by atoms with Gasteiger partial charge in [-0.2, -0.15) is 0 Å². The summed E-state index contributed by atoms with van der Waals surface area (Å²) < 4.78 is 7.80. The van der Waals surface area contributed by atoms with E-state index < -0.39 is 0 Å². The molecule has 0 radical (unpaired) electrons. The van der Waals surface area contributed by atoms with Crippen molar-refractivity contribution in [2.75, 3.05) is 5.32 Å². The van der Waals surface area contributed by atoms with Gasteiger partial charge in [0.2, 0.25) is 0 Å². The van der Waals surface area contributed by atoms with E-state index in [9.17, 15) is 0 Å². The lowest BCUT2D eigenvalue weighted by atomic mass is 10.3. The minimum atomic E-state index is 0.203. The number of nitrogens with zero attached hydrogens (tertiary/aromatic N) is 2. The fourth-order valence-corrected chi connectivity index (χ4v) is 2.05. The van der Waals surface area contributed by atoms with Crippen molar-refractivity contribution >= 4 is 5.69 Å². The number of aromatic nitrogens is 2. The number of imidazole rings is 1. The first-order valence-corrected chi connectivity index (χ1v) is 7.07. The second-order valence-electron chi connectivity index (χ2n) is 5.43. The lowest BCUT2D eigenvalue weighted by Crippen LogP contribution is -2.09. The molecule has 0 aliphatic carbocycles. The van der Waals surface area contributed by atoms with Crippen LogP contribution < -0.4 is 10.1 Å². The Kier molecular flexibility index (Phi) is 4.66. The third-order valence-corrected chi connectivity index (χ3v) is 3.00. The zero-order chi connectivity index (χ0) is 14.5. The highest BCUT2D eigenvalue weighted by molar-refractivity contribution is 5.46. The summed E-state index contributed by atoms with van der Waals surface area (Å²) in [4.78, 5) is 4.21. The highest BCUT2D eigenvalue weighted by Gasteiger charge is 2.05. The predicted octanol–water partition coefficient (Wildman–Crippen LogP) is 3.86. The van der Waals surface area contributed by atoms with Gasteiger partial charge in [0.15, 0.2) is 0 Å². The number of rotatable bonds is 6. The van der Waals surface area contributed by atoms with E-state index in [1.807, 2.05) is 50.6 Å². The lowest BCUT2D eigenvalue weighted by Gasteiger charge is -2.13. The molecule has 0 saturated carbocycles.